The lowest BCUT2D eigenvalue weighted by molar-refractivity contribution is 0.128. The average Bonchev–Trinajstić information content (AvgIpc) is 2.73. The van der Waals surface area contributed by atoms with Gasteiger partial charge in [-0.3, -0.25) is 0 Å². The van der Waals surface area contributed by atoms with Gasteiger partial charge in [0.25, 0.3) is 0 Å². The van der Waals surface area contributed by atoms with Gasteiger partial charge in [-0.1, -0.05) is 0 Å². The van der Waals surface area contributed by atoms with E-state index in [2.05, 4.69) is 15.3 Å². The molecule has 0 radical (unpaired) electrons. The lowest BCUT2D eigenvalue weighted by atomic mass is 10.3. The fourth-order valence-corrected chi connectivity index (χ4v) is 2.10. The third-order valence-electron chi connectivity index (χ3n) is 2.30. The summed E-state index contributed by atoms with van der Waals surface area (Å²) in [5.41, 5.74) is 5.64. The van der Waals surface area contributed by atoms with E-state index in [1.807, 2.05) is 18.4 Å². The van der Waals surface area contributed by atoms with Gasteiger partial charge in [-0.25, -0.2) is 4.98 Å². The molecule has 2 aromatic rings. The molecule has 0 aromatic carbocycles. The van der Waals surface area contributed by atoms with Crippen molar-refractivity contribution in [3.05, 3.63) is 11.4 Å². The number of nitrogens with one attached hydrogen (secondary N) is 1. The maximum Gasteiger partial charge on any atom is 0.223 e. The molecule has 16 heavy (non-hydrogen) atoms. The maximum absolute atomic E-state index is 5.64. The Morgan fingerprint density at radius 1 is 1.56 bits per heavy atom. The fraction of sp³-hybridized carbons (Fsp3) is 0.400. The molecule has 0 fully saturated rings. The highest BCUT2D eigenvalue weighted by atomic mass is 32.1. The van der Waals surface area contributed by atoms with Crippen molar-refractivity contribution in [2.45, 2.75) is 13.0 Å². The van der Waals surface area contributed by atoms with Crippen molar-refractivity contribution < 1.29 is 4.74 Å². The van der Waals surface area contributed by atoms with Crippen LogP contribution in [0.2, 0.25) is 0 Å². The minimum Gasteiger partial charge on any atom is -0.380 e. The van der Waals surface area contributed by atoms with Crippen LogP contribution in [0.4, 0.5) is 11.8 Å². The number of aromatic nitrogens is 2. The van der Waals surface area contributed by atoms with Gasteiger partial charge in [-0.2, -0.15) is 4.98 Å². The van der Waals surface area contributed by atoms with Gasteiger partial charge in [0.2, 0.25) is 5.95 Å². The molecule has 6 heteroatoms. The molecule has 2 heterocycles. The number of nitrogens with zero attached hydrogens (tertiary/aromatic N) is 2. The Kier molecular flexibility index (Phi) is 3.21. The second-order valence-corrected chi connectivity index (χ2v) is 4.39. The van der Waals surface area contributed by atoms with Crippen LogP contribution in [0.5, 0.6) is 0 Å². The van der Waals surface area contributed by atoms with Gasteiger partial charge in [0, 0.05) is 13.7 Å². The molecule has 2 aromatic heterocycles. The summed E-state index contributed by atoms with van der Waals surface area (Å²) in [5, 5.41) is 6.19. The number of methoxy groups -OCH3 is 1. The lowest BCUT2D eigenvalue weighted by Gasteiger charge is -2.11. The van der Waals surface area contributed by atoms with E-state index in [1.165, 1.54) is 0 Å². The average molecular weight is 238 g/mol. The van der Waals surface area contributed by atoms with E-state index < -0.39 is 0 Å². The summed E-state index contributed by atoms with van der Waals surface area (Å²) in [6.07, 6.45) is 0.130. The molecular weight excluding hydrogens is 224 g/mol. The number of nitrogen functional groups attached to an aromatic ring is 1. The number of rotatable bonds is 4. The molecule has 0 saturated heterocycles. The van der Waals surface area contributed by atoms with Crippen molar-refractivity contribution in [1.82, 2.24) is 9.97 Å². The van der Waals surface area contributed by atoms with Crippen molar-refractivity contribution in [2.24, 2.45) is 0 Å². The van der Waals surface area contributed by atoms with Gasteiger partial charge >= 0.3 is 0 Å². The third kappa shape index (κ3) is 2.23. The van der Waals surface area contributed by atoms with Gasteiger partial charge in [-0.05, 0) is 18.4 Å². The molecule has 0 aliphatic rings. The second kappa shape index (κ2) is 4.63. The molecule has 2 rings (SSSR count). The Bertz CT molecular complexity index is 485. The number of hydrogen-bond acceptors (Lipinski definition) is 6. The first kappa shape index (κ1) is 11.1. The van der Waals surface area contributed by atoms with Crippen LogP contribution in [0.3, 0.4) is 0 Å². The standard InChI is InChI=1S/C10H14N4OS/c1-6(15-2)5-12-8-7-3-4-16-9(7)14-10(11)13-8/h3-4,6H,5H2,1-2H3,(H3,11,12,13,14). The number of ether oxygens (including phenoxy) is 1. The minimum absolute atomic E-state index is 0.130. The fourth-order valence-electron chi connectivity index (χ4n) is 1.33. The summed E-state index contributed by atoms with van der Waals surface area (Å²) in [6.45, 7) is 2.68. The van der Waals surface area contributed by atoms with E-state index in [0.29, 0.717) is 12.5 Å². The Balaban J connectivity index is 2.25. The Morgan fingerprint density at radius 2 is 2.38 bits per heavy atom. The van der Waals surface area contributed by atoms with Crippen molar-refractivity contribution in [2.75, 3.05) is 24.7 Å². The topological polar surface area (TPSA) is 73.1 Å². The normalized spacial score (nSPS) is 12.9. The number of thiophene rings is 1. The molecule has 3 N–H and O–H groups in total. The summed E-state index contributed by atoms with van der Waals surface area (Å²) in [6, 6.07) is 1.99. The van der Waals surface area contributed by atoms with Crippen LogP contribution in [0.15, 0.2) is 11.4 Å². The van der Waals surface area contributed by atoms with Crippen LogP contribution in [-0.4, -0.2) is 29.7 Å². The third-order valence-corrected chi connectivity index (χ3v) is 3.11. The van der Waals surface area contributed by atoms with Crippen LogP contribution in [-0.2, 0) is 4.74 Å². The Hall–Kier alpha value is -1.40. The van der Waals surface area contributed by atoms with Crippen LogP contribution in [0.1, 0.15) is 6.92 Å². The van der Waals surface area contributed by atoms with Crippen LogP contribution >= 0.6 is 11.3 Å². The summed E-state index contributed by atoms with van der Waals surface area (Å²) >= 11 is 1.55. The quantitative estimate of drug-likeness (QED) is 0.848. The molecule has 0 amide bonds. The molecule has 0 aliphatic carbocycles. The summed E-state index contributed by atoms with van der Waals surface area (Å²) in [5.74, 6) is 1.06. The van der Waals surface area contributed by atoms with Gasteiger partial charge in [0.05, 0.1) is 11.5 Å². The second-order valence-electron chi connectivity index (χ2n) is 3.50. The largest absolute Gasteiger partial charge is 0.380 e. The van der Waals surface area contributed by atoms with E-state index in [4.69, 9.17) is 10.5 Å². The number of nitrogens with two attached hydrogens (primary N) is 1. The molecule has 0 bridgehead atoms. The maximum atomic E-state index is 5.64. The molecule has 0 spiro atoms. The molecular formula is C10H14N4OS. The van der Waals surface area contributed by atoms with Gasteiger partial charge < -0.3 is 15.8 Å². The smallest absolute Gasteiger partial charge is 0.223 e. The van der Waals surface area contributed by atoms with Crippen molar-refractivity contribution in [1.29, 1.82) is 0 Å². The zero-order valence-electron chi connectivity index (χ0n) is 9.23. The van der Waals surface area contributed by atoms with Gasteiger partial charge in [0.15, 0.2) is 0 Å². The van der Waals surface area contributed by atoms with E-state index in [0.717, 1.165) is 16.0 Å². The molecule has 0 saturated carbocycles. The molecule has 0 aliphatic heterocycles. The number of anilines is 2. The summed E-state index contributed by atoms with van der Waals surface area (Å²) in [4.78, 5) is 9.25. The van der Waals surface area contributed by atoms with E-state index >= 15 is 0 Å². The van der Waals surface area contributed by atoms with Gasteiger partial charge in [-0.15, -0.1) is 11.3 Å². The number of hydrogen-bond donors (Lipinski definition) is 2. The predicted octanol–water partition coefficient (Wildman–Crippen LogP) is 1.72. The Labute approximate surface area is 97.7 Å². The van der Waals surface area contributed by atoms with Gasteiger partial charge in [0.1, 0.15) is 10.6 Å². The minimum atomic E-state index is 0.130. The first-order valence-corrected chi connectivity index (χ1v) is 5.86. The lowest BCUT2D eigenvalue weighted by Crippen LogP contribution is -2.19. The highest BCUT2D eigenvalue weighted by Gasteiger charge is 2.08. The summed E-state index contributed by atoms with van der Waals surface area (Å²) < 4.78 is 5.16. The van der Waals surface area contributed by atoms with Crippen LogP contribution in [0.25, 0.3) is 10.2 Å². The van der Waals surface area contributed by atoms with E-state index in [1.54, 1.807) is 18.4 Å². The van der Waals surface area contributed by atoms with Crippen molar-refractivity contribution >= 4 is 33.3 Å². The molecule has 86 valence electrons. The Morgan fingerprint density at radius 3 is 3.12 bits per heavy atom. The highest BCUT2D eigenvalue weighted by molar-refractivity contribution is 7.16. The monoisotopic (exact) mass is 238 g/mol. The van der Waals surface area contributed by atoms with Crippen LogP contribution < -0.4 is 11.1 Å². The van der Waals surface area contributed by atoms with E-state index in [9.17, 15) is 0 Å². The highest BCUT2D eigenvalue weighted by Crippen LogP contribution is 2.25. The first-order valence-electron chi connectivity index (χ1n) is 4.98. The van der Waals surface area contributed by atoms with Crippen LogP contribution in [0, 0.1) is 0 Å². The predicted molar refractivity (Wildman–Crippen MR) is 66.8 cm³/mol. The summed E-state index contributed by atoms with van der Waals surface area (Å²) in [7, 11) is 1.68. The zero-order valence-corrected chi connectivity index (χ0v) is 10.0. The first-order chi connectivity index (χ1) is 7.70. The number of fused-ring (bicyclic) bond motifs is 1. The van der Waals surface area contributed by atoms with E-state index in [-0.39, 0.29) is 6.10 Å². The molecule has 1 unspecified atom stereocenters. The van der Waals surface area contributed by atoms with Crippen molar-refractivity contribution in [3.8, 4) is 0 Å². The van der Waals surface area contributed by atoms with Crippen molar-refractivity contribution in [3.63, 3.8) is 0 Å². The zero-order chi connectivity index (χ0) is 11.5. The molecule has 1 atom stereocenters. The SMILES string of the molecule is COC(C)CNc1nc(N)nc2sccc12. The molecule has 5 nitrogen and oxygen atoms in total.